The number of amides is 2. The number of hydrogen-bond acceptors (Lipinski definition) is 4. The van der Waals surface area contributed by atoms with Gasteiger partial charge in [0.2, 0.25) is 5.91 Å². The van der Waals surface area contributed by atoms with E-state index in [4.69, 9.17) is 10.2 Å². The van der Waals surface area contributed by atoms with Crippen LogP contribution in [-0.4, -0.2) is 16.8 Å². The van der Waals surface area contributed by atoms with Crippen molar-refractivity contribution >= 4 is 22.7 Å². The molecular weight excluding hydrogens is 354 g/mol. The highest BCUT2D eigenvalue weighted by molar-refractivity contribution is 6.08. The maximum atomic E-state index is 13.1. The van der Waals surface area contributed by atoms with Crippen LogP contribution < -0.4 is 11.1 Å². The van der Waals surface area contributed by atoms with Crippen molar-refractivity contribution in [2.24, 2.45) is 5.73 Å². The number of carbonyl (C=O) groups excluding carboxylic acids is 2. The van der Waals surface area contributed by atoms with Crippen molar-refractivity contribution in [2.75, 3.05) is 0 Å². The average Bonchev–Trinajstić information content (AvgIpc) is 3.26. The molecule has 138 valence electrons. The molecule has 2 amide bonds. The molecule has 6 nitrogen and oxygen atoms in total. The first-order chi connectivity index (χ1) is 13.6. The zero-order chi connectivity index (χ0) is 19.5. The van der Waals surface area contributed by atoms with Gasteiger partial charge in [-0.25, -0.2) is 4.98 Å². The monoisotopic (exact) mass is 371 g/mol. The van der Waals surface area contributed by atoms with Crippen LogP contribution in [0.4, 0.5) is 0 Å². The zero-order valence-electron chi connectivity index (χ0n) is 14.8. The van der Waals surface area contributed by atoms with Crippen molar-refractivity contribution in [3.05, 3.63) is 90.2 Å². The van der Waals surface area contributed by atoms with E-state index in [1.165, 1.54) is 0 Å². The first kappa shape index (κ1) is 17.5. The summed E-state index contributed by atoms with van der Waals surface area (Å²) >= 11 is 0. The molecule has 0 radical (unpaired) electrons. The lowest BCUT2D eigenvalue weighted by Crippen LogP contribution is -2.37. The third-order valence-corrected chi connectivity index (χ3v) is 4.43. The van der Waals surface area contributed by atoms with Crippen molar-refractivity contribution < 1.29 is 14.0 Å². The Kier molecular flexibility index (Phi) is 4.60. The first-order valence-electron chi connectivity index (χ1n) is 8.72. The first-order valence-corrected chi connectivity index (χ1v) is 8.72. The Bertz CT molecular complexity index is 1140. The molecule has 28 heavy (non-hydrogen) atoms. The Labute approximate surface area is 161 Å². The van der Waals surface area contributed by atoms with E-state index in [0.717, 1.165) is 0 Å². The minimum absolute atomic E-state index is 0.388. The summed E-state index contributed by atoms with van der Waals surface area (Å²) in [7, 11) is 0. The predicted molar refractivity (Wildman–Crippen MR) is 105 cm³/mol. The molecule has 0 aliphatic heterocycles. The number of rotatable bonds is 5. The summed E-state index contributed by atoms with van der Waals surface area (Å²) in [6, 6.07) is 20.4. The number of pyridine rings is 1. The number of furan rings is 1. The average molecular weight is 371 g/mol. The summed E-state index contributed by atoms with van der Waals surface area (Å²) in [6.07, 6.45) is 1.55. The maximum absolute atomic E-state index is 13.1. The highest BCUT2D eigenvalue weighted by atomic mass is 16.3. The van der Waals surface area contributed by atoms with Gasteiger partial charge >= 0.3 is 0 Å². The largest absolute Gasteiger partial charge is 0.463 e. The standard InChI is InChI=1S/C22H17N3O3/c23-21(26)20(14-7-2-1-3-8-14)25-22(27)16-13-18(19-11-6-12-28-19)24-17-10-5-4-9-15(16)17/h1-13,20H,(H2,23,26)(H,25,27). The predicted octanol–water partition coefficient (Wildman–Crippen LogP) is 3.45. The number of primary amides is 1. The molecule has 2 heterocycles. The zero-order valence-corrected chi connectivity index (χ0v) is 14.8. The van der Waals surface area contributed by atoms with Crippen molar-refractivity contribution in [3.8, 4) is 11.5 Å². The van der Waals surface area contributed by atoms with E-state index in [2.05, 4.69) is 10.3 Å². The summed E-state index contributed by atoms with van der Waals surface area (Å²) in [6.45, 7) is 0. The van der Waals surface area contributed by atoms with E-state index >= 15 is 0 Å². The number of fused-ring (bicyclic) bond motifs is 1. The van der Waals surface area contributed by atoms with Gasteiger partial charge < -0.3 is 15.5 Å². The van der Waals surface area contributed by atoms with Crippen LogP contribution in [0.3, 0.4) is 0 Å². The second-order valence-electron chi connectivity index (χ2n) is 6.27. The minimum atomic E-state index is -0.937. The summed E-state index contributed by atoms with van der Waals surface area (Å²) in [4.78, 5) is 29.6. The molecular formula is C22H17N3O3. The van der Waals surface area contributed by atoms with Crippen LogP contribution in [-0.2, 0) is 4.79 Å². The van der Waals surface area contributed by atoms with Crippen LogP contribution >= 0.6 is 0 Å². The van der Waals surface area contributed by atoms with Crippen LogP contribution in [0.2, 0.25) is 0 Å². The van der Waals surface area contributed by atoms with E-state index in [1.54, 1.807) is 48.7 Å². The number of nitrogens with two attached hydrogens (primary N) is 1. The SMILES string of the molecule is NC(=O)C(NC(=O)c1cc(-c2ccco2)nc2ccccc12)c1ccccc1. The van der Waals surface area contributed by atoms with Gasteiger partial charge in [-0.2, -0.15) is 0 Å². The second-order valence-corrected chi connectivity index (χ2v) is 6.27. The number of hydrogen-bond donors (Lipinski definition) is 2. The topological polar surface area (TPSA) is 98.2 Å². The van der Waals surface area contributed by atoms with Gasteiger partial charge in [-0.1, -0.05) is 48.5 Å². The number of nitrogens with one attached hydrogen (secondary N) is 1. The van der Waals surface area contributed by atoms with E-state index in [1.807, 2.05) is 30.3 Å². The molecule has 4 aromatic rings. The fraction of sp³-hybridized carbons (Fsp3) is 0.0455. The van der Waals surface area contributed by atoms with Gasteiger partial charge in [-0.05, 0) is 29.8 Å². The van der Waals surface area contributed by atoms with Crippen molar-refractivity contribution in [3.63, 3.8) is 0 Å². The molecule has 0 saturated heterocycles. The van der Waals surface area contributed by atoms with E-state index < -0.39 is 17.9 Å². The van der Waals surface area contributed by atoms with Gasteiger partial charge in [0.25, 0.3) is 5.91 Å². The molecule has 0 fully saturated rings. The van der Waals surface area contributed by atoms with Gasteiger partial charge in [-0.15, -0.1) is 0 Å². The van der Waals surface area contributed by atoms with Gasteiger partial charge in [-0.3, -0.25) is 9.59 Å². The summed E-state index contributed by atoms with van der Waals surface area (Å²) < 4.78 is 5.42. The van der Waals surface area contributed by atoms with Gasteiger partial charge in [0.1, 0.15) is 11.7 Å². The van der Waals surface area contributed by atoms with Crippen molar-refractivity contribution in [2.45, 2.75) is 6.04 Å². The smallest absolute Gasteiger partial charge is 0.252 e. The Morgan fingerprint density at radius 1 is 0.964 bits per heavy atom. The van der Waals surface area contributed by atoms with Gasteiger partial charge in [0.05, 0.1) is 17.3 Å². The number of para-hydroxylation sites is 1. The molecule has 2 aromatic carbocycles. The number of benzene rings is 2. The van der Waals surface area contributed by atoms with Crippen molar-refractivity contribution in [1.29, 1.82) is 0 Å². The summed E-state index contributed by atoms with van der Waals surface area (Å²) in [5.41, 5.74) is 7.72. The lowest BCUT2D eigenvalue weighted by atomic mass is 10.0. The summed E-state index contributed by atoms with van der Waals surface area (Å²) in [5.74, 6) is -0.502. The Morgan fingerprint density at radius 3 is 2.43 bits per heavy atom. The molecule has 2 aromatic heterocycles. The normalized spacial score (nSPS) is 11.9. The lowest BCUT2D eigenvalue weighted by Gasteiger charge is -2.17. The molecule has 0 saturated carbocycles. The quantitative estimate of drug-likeness (QED) is 0.561. The molecule has 1 unspecified atom stereocenters. The van der Waals surface area contributed by atoms with Crippen LogP contribution in [0.25, 0.3) is 22.4 Å². The fourth-order valence-corrected chi connectivity index (χ4v) is 3.09. The van der Waals surface area contributed by atoms with Crippen molar-refractivity contribution in [1.82, 2.24) is 10.3 Å². The van der Waals surface area contributed by atoms with Gasteiger partial charge in [0.15, 0.2) is 5.76 Å². The Hall–Kier alpha value is -3.93. The molecule has 4 rings (SSSR count). The number of nitrogens with zero attached hydrogens (tertiary/aromatic N) is 1. The van der Waals surface area contributed by atoms with E-state index in [0.29, 0.717) is 33.5 Å². The maximum Gasteiger partial charge on any atom is 0.252 e. The Balaban J connectivity index is 1.77. The lowest BCUT2D eigenvalue weighted by molar-refractivity contribution is -0.120. The van der Waals surface area contributed by atoms with Crippen LogP contribution in [0.5, 0.6) is 0 Å². The highest BCUT2D eigenvalue weighted by Gasteiger charge is 2.23. The van der Waals surface area contributed by atoms with E-state index in [9.17, 15) is 9.59 Å². The number of aromatic nitrogens is 1. The van der Waals surface area contributed by atoms with E-state index in [-0.39, 0.29) is 0 Å². The molecule has 6 heteroatoms. The molecule has 0 aliphatic carbocycles. The number of carbonyl (C=O) groups is 2. The molecule has 3 N–H and O–H groups in total. The minimum Gasteiger partial charge on any atom is -0.463 e. The second kappa shape index (κ2) is 7.36. The van der Waals surface area contributed by atoms with Crippen LogP contribution in [0.15, 0.2) is 83.5 Å². The third-order valence-electron chi connectivity index (χ3n) is 4.43. The van der Waals surface area contributed by atoms with Gasteiger partial charge in [0, 0.05) is 5.39 Å². The molecule has 0 spiro atoms. The van der Waals surface area contributed by atoms with Crippen LogP contribution in [0.1, 0.15) is 22.0 Å². The molecule has 0 aliphatic rings. The summed E-state index contributed by atoms with van der Waals surface area (Å²) in [5, 5.41) is 3.41. The molecule has 1 atom stereocenters. The Morgan fingerprint density at radius 2 is 1.71 bits per heavy atom. The molecule has 0 bridgehead atoms. The third kappa shape index (κ3) is 3.35. The fourth-order valence-electron chi connectivity index (χ4n) is 3.09. The van der Waals surface area contributed by atoms with Crippen LogP contribution in [0, 0.1) is 0 Å². The highest BCUT2D eigenvalue weighted by Crippen LogP contribution is 2.26.